The Morgan fingerprint density at radius 2 is 1.05 bits per heavy atom. The summed E-state index contributed by atoms with van der Waals surface area (Å²) in [5, 5.41) is 50.3. The molecule has 3 aromatic carbocycles. The number of carbonyl (C=O) groups excluding carboxylic acids is 9. The van der Waals surface area contributed by atoms with Crippen LogP contribution in [0.5, 0.6) is 11.5 Å². The van der Waals surface area contributed by atoms with E-state index in [9.17, 15) is 58.5 Å². The van der Waals surface area contributed by atoms with Gasteiger partial charge in [-0.15, -0.1) is 0 Å². The highest BCUT2D eigenvalue weighted by molar-refractivity contribution is 5.97. The average Bonchev–Trinajstić information content (AvgIpc) is 3.37. The van der Waals surface area contributed by atoms with Gasteiger partial charge in [-0.05, 0) is 105 Å². The number of benzene rings is 3. The number of rotatable bonds is 33. The number of amides is 9. The van der Waals surface area contributed by atoms with Gasteiger partial charge in [0.05, 0.1) is 19.2 Å². The van der Waals surface area contributed by atoms with E-state index < -0.39 is 96.8 Å². The van der Waals surface area contributed by atoms with E-state index in [-0.39, 0.29) is 93.6 Å². The predicted molar refractivity (Wildman–Crippen MR) is 282 cm³/mol. The highest BCUT2D eigenvalue weighted by Gasteiger charge is 2.33. The molecule has 0 aliphatic carbocycles. The summed E-state index contributed by atoms with van der Waals surface area (Å²) in [4.78, 5) is 124. The largest absolute Gasteiger partial charge is 0.508 e. The summed E-state index contributed by atoms with van der Waals surface area (Å²) in [5.74, 6) is -6.04. The molecule has 0 radical (unpaired) electrons. The van der Waals surface area contributed by atoms with E-state index in [1.165, 1.54) is 31.2 Å². The second kappa shape index (κ2) is 32.8. The number of aliphatic imine (C=N–C) groups is 1. The number of aromatic hydroxyl groups is 2. The maximum absolute atomic E-state index is 14.4. The first-order valence-electron chi connectivity index (χ1n) is 25.0. The second-order valence-electron chi connectivity index (χ2n) is 18.6. The minimum absolute atomic E-state index is 0.00497. The number of Topliss-reactive ketones (excluding diaryl/α,β-unsaturated/α-hetero) is 1. The molecule has 0 spiro atoms. The lowest BCUT2D eigenvalue weighted by atomic mass is 9.98. The van der Waals surface area contributed by atoms with Gasteiger partial charge in [0.15, 0.2) is 11.7 Å². The van der Waals surface area contributed by atoms with E-state index in [0.717, 1.165) is 5.56 Å². The summed E-state index contributed by atoms with van der Waals surface area (Å²) >= 11 is 0. The Morgan fingerprint density at radius 3 is 1.62 bits per heavy atom. The lowest BCUT2D eigenvalue weighted by molar-refractivity contribution is -0.135. The van der Waals surface area contributed by atoms with E-state index in [4.69, 9.17) is 17.2 Å². The molecule has 24 heteroatoms. The topological polar surface area (TPSA) is 401 Å². The van der Waals surface area contributed by atoms with Gasteiger partial charge in [-0.2, -0.15) is 0 Å². The van der Waals surface area contributed by atoms with Crippen molar-refractivity contribution in [1.29, 1.82) is 0 Å². The van der Waals surface area contributed by atoms with Crippen LogP contribution in [0.15, 0.2) is 83.9 Å². The quantitative estimate of drug-likeness (QED) is 0.0199. The number of primary amides is 1. The van der Waals surface area contributed by atoms with Crippen LogP contribution < -0.4 is 59.7 Å². The normalized spacial score (nSPS) is 13.2. The van der Waals surface area contributed by atoms with Crippen LogP contribution in [0.3, 0.4) is 0 Å². The van der Waals surface area contributed by atoms with Crippen LogP contribution in [-0.4, -0.2) is 137 Å². The zero-order valence-electron chi connectivity index (χ0n) is 43.1. The molecule has 414 valence electrons. The fourth-order valence-corrected chi connectivity index (χ4v) is 7.65. The Morgan fingerprint density at radius 1 is 0.539 bits per heavy atom. The second-order valence-corrected chi connectivity index (χ2v) is 18.6. The summed E-state index contributed by atoms with van der Waals surface area (Å²) in [5.41, 5.74) is 17.8. The number of unbranched alkanes of at least 4 members (excludes halogenated alkanes) is 1. The van der Waals surface area contributed by atoms with Crippen LogP contribution in [0.2, 0.25) is 0 Å². The van der Waals surface area contributed by atoms with Crippen LogP contribution in [0, 0.1) is 5.92 Å². The highest BCUT2D eigenvalue weighted by atomic mass is 16.3. The molecule has 0 fully saturated rings. The van der Waals surface area contributed by atoms with Crippen molar-refractivity contribution in [1.82, 2.24) is 42.5 Å². The van der Waals surface area contributed by atoms with Crippen molar-refractivity contribution in [2.24, 2.45) is 28.1 Å². The van der Waals surface area contributed by atoms with Gasteiger partial charge < -0.3 is 75.1 Å². The van der Waals surface area contributed by atoms with Gasteiger partial charge in [-0.3, -0.25) is 43.3 Å². The minimum atomic E-state index is -1.46. The number of nitrogens with two attached hydrogens (primary N) is 3. The molecule has 9 amide bonds. The third-order valence-corrected chi connectivity index (χ3v) is 11.7. The zero-order valence-corrected chi connectivity index (χ0v) is 43.1. The van der Waals surface area contributed by atoms with Gasteiger partial charge in [0.1, 0.15) is 41.7 Å². The zero-order chi connectivity index (χ0) is 56.2. The van der Waals surface area contributed by atoms with Crippen LogP contribution in [-0.2, 0) is 57.6 Å². The molecule has 0 unspecified atom stereocenters. The Hall–Kier alpha value is -8.28. The number of nitrogens with one attached hydrogen (secondary N) is 8. The van der Waals surface area contributed by atoms with Crippen LogP contribution in [0.25, 0.3) is 0 Å². The molecule has 0 aliphatic heterocycles. The lowest BCUT2D eigenvalue weighted by Crippen LogP contribution is -2.59. The number of carbonyl (C=O) groups is 9. The number of urea groups is 1. The van der Waals surface area contributed by atoms with E-state index in [2.05, 4.69) is 47.5 Å². The predicted octanol–water partition coefficient (Wildman–Crippen LogP) is -0.940. The first-order valence-corrected chi connectivity index (χ1v) is 25.0. The fourth-order valence-electron chi connectivity index (χ4n) is 7.65. The Bertz CT molecular complexity index is 2420. The number of hydrogen-bond donors (Lipinski definition) is 14. The van der Waals surface area contributed by atoms with E-state index >= 15 is 0 Å². The fraction of sp³-hybridized carbons (Fsp3) is 0.462. The molecule has 3 rings (SSSR count). The molecular formula is C52H74N12O12. The van der Waals surface area contributed by atoms with Gasteiger partial charge in [-0.1, -0.05) is 68.4 Å². The molecule has 0 aliphatic rings. The maximum atomic E-state index is 14.4. The van der Waals surface area contributed by atoms with E-state index in [1.807, 2.05) is 26.0 Å². The third-order valence-electron chi connectivity index (χ3n) is 11.7. The minimum Gasteiger partial charge on any atom is -0.508 e. The van der Waals surface area contributed by atoms with Crippen molar-refractivity contribution in [3.8, 4) is 11.5 Å². The number of aliphatic hydroxyl groups is 1. The molecule has 6 atom stereocenters. The SMILES string of the molecule is CC(=O)[C@H](Cc1ccc(O)cc1)NC(=O)[C@H](CC(C)C)NC(=O)[C@H](Cc1ccc(O)cc1)NC(=O)[C@H](CCc1ccccc1)NC(=O)CNC(=O)[C@H](CCCNC(N)=O)NC(=O)[C@H](CO)NC(=O)CCCCN=C(N)N. The van der Waals surface area contributed by atoms with Gasteiger partial charge in [-0.25, -0.2) is 4.79 Å². The Labute approximate surface area is 441 Å². The Kier molecular flexibility index (Phi) is 26.8. The number of phenols is 2. The standard InChI is InChI=1S/C52H74N12O12/c1-31(2)26-41(48(73)62-40(32(3)66)27-34-14-19-36(67)20-15-34)63-49(74)42(28-35-16-21-37(68)22-17-35)64-47(72)39(23-18-33-10-5-4-6-11-33)59-45(70)29-58-46(71)38(12-9-25-57-52(55)76)61-50(75)43(30-65)60-44(69)13-7-8-24-56-51(53)54/h4-6,10-11,14-17,19-22,31,38-43,65,67-68H,7-9,12-13,18,23-30H2,1-3H3,(H,58,71)(H,59,70)(H,60,69)(H,61,75)(H,62,73)(H,63,74)(H,64,72)(H4,53,54,56)(H3,55,57,76)/t38-,39-,40-,41-,42-,43-/m0/s1. The molecule has 0 bridgehead atoms. The number of nitrogens with zero attached hydrogens (tertiary/aromatic N) is 1. The van der Waals surface area contributed by atoms with Crippen molar-refractivity contribution in [2.75, 3.05) is 26.2 Å². The van der Waals surface area contributed by atoms with Crippen molar-refractivity contribution < 1.29 is 58.5 Å². The maximum Gasteiger partial charge on any atom is 0.312 e. The van der Waals surface area contributed by atoms with Crippen molar-refractivity contribution >= 4 is 59.1 Å². The number of guanidine groups is 1. The number of hydrogen-bond acceptors (Lipinski definition) is 13. The highest BCUT2D eigenvalue weighted by Crippen LogP contribution is 2.15. The first kappa shape index (κ1) is 62.0. The molecular weight excluding hydrogens is 985 g/mol. The summed E-state index contributed by atoms with van der Waals surface area (Å²) in [6.45, 7) is 3.74. The number of aryl methyl sites for hydroxylation is 1. The monoisotopic (exact) mass is 1060 g/mol. The lowest BCUT2D eigenvalue weighted by Gasteiger charge is -2.27. The smallest absolute Gasteiger partial charge is 0.312 e. The number of aliphatic hydroxyl groups excluding tert-OH is 1. The van der Waals surface area contributed by atoms with E-state index in [0.29, 0.717) is 24.0 Å². The molecule has 0 aromatic heterocycles. The molecule has 76 heavy (non-hydrogen) atoms. The molecule has 0 heterocycles. The van der Waals surface area contributed by atoms with E-state index in [1.54, 1.807) is 42.5 Å². The molecule has 17 N–H and O–H groups in total. The average molecular weight is 1060 g/mol. The summed E-state index contributed by atoms with van der Waals surface area (Å²) in [6, 6.07) is 12.6. The van der Waals surface area contributed by atoms with Crippen LogP contribution in [0.1, 0.15) is 82.4 Å². The van der Waals surface area contributed by atoms with Crippen LogP contribution in [0.4, 0.5) is 4.79 Å². The molecule has 0 saturated carbocycles. The Balaban J connectivity index is 1.83. The summed E-state index contributed by atoms with van der Waals surface area (Å²) in [6.07, 6.45) is 1.20. The van der Waals surface area contributed by atoms with Gasteiger partial charge in [0, 0.05) is 25.9 Å². The molecule has 3 aromatic rings. The van der Waals surface area contributed by atoms with Crippen LogP contribution >= 0.6 is 0 Å². The van der Waals surface area contributed by atoms with Gasteiger partial charge in [0.2, 0.25) is 41.4 Å². The third kappa shape index (κ3) is 24.2. The number of ketones is 1. The first-order chi connectivity index (χ1) is 36.1. The van der Waals surface area contributed by atoms with Crippen molar-refractivity contribution in [2.45, 2.75) is 121 Å². The summed E-state index contributed by atoms with van der Waals surface area (Å²) < 4.78 is 0. The molecule has 0 saturated heterocycles. The van der Waals surface area contributed by atoms with Gasteiger partial charge in [0.25, 0.3) is 0 Å². The van der Waals surface area contributed by atoms with Crippen molar-refractivity contribution in [3.63, 3.8) is 0 Å². The van der Waals surface area contributed by atoms with Gasteiger partial charge >= 0.3 is 6.03 Å². The number of phenolic OH excluding ortho intramolecular Hbond substituents is 2. The molecule has 24 nitrogen and oxygen atoms in total. The summed E-state index contributed by atoms with van der Waals surface area (Å²) in [7, 11) is 0. The van der Waals surface area contributed by atoms with Crippen molar-refractivity contribution in [3.05, 3.63) is 95.6 Å².